The van der Waals surface area contributed by atoms with Gasteiger partial charge in [0.1, 0.15) is 11.7 Å². The first-order chi connectivity index (χ1) is 15.5. The van der Waals surface area contributed by atoms with E-state index in [1.807, 2.05) is 0 Å². The van der Waals surface area contributed by atoms with E-state index in [4.69, 9.17) is 0 Å². The summed E-state index contributed by atoms with van der Waals surface area (Å²) in [6.07, 6.45) is -3.98. The van der Waals surface area contributed by atoms with Crippen molar-refractivity contribution >= 4 is 28.7 Å². The molecule has 2 aromatic heterocycles. The molecular formula is C20H20F4N6O2S. The van der Waals surface area contributed by atoms with Crippen LogP contribution in [0, 0.1) is 12.7 Å². The van der Waals surface area contributed by atoms with Gasteiger partial charge >= 0.3 is 6.18 Å². The van der Waals surface area contributed by atoms with Crippen molar-refractivity contribution < 1.29 is 27.8 Å². The molecule has 13 heteroatoms. The Kier molecular flexibility index (Phi) is 6.20. The van der Waals surface area contributed by atoms with E-state index in [-0.39, 0.29) is 24.7 Å². The van der Waals surface area contributed by atoms with E-state index >= 15 is 0 Å². The number of hydrogen-bond donors (Lipinski definition) is 2. The second kappa shape index (κ2) is 8.80. The van der Waals surface area contributed by atoms with Gasteiger partial charge in [0.25, 0.3) is 0 Å². The second-order valence-electron chi connectivity index (χ2n) is 7.54. The third-order valence-electron chi connectivity index (χ3n) is 5.19. The first-order valence-corrected chi connectivity index (χ1v) is 10.7. The zero-order valence-electron chi connectivity index (χ0n) is 17.6. The Balaban J connectivity index is 1.47. The Morgan fingerprint density at radius 1 is 1.21 bits per heavy atom. The number of aliphatic hydroxyl groups excluding tert-OH is 2. The Morgan fingerprint density at radius 2 is 1.97 bits per heavy atom. The predicted molar refractivity (Wildman–Crippen MR) is 114 cm³/mol. The van der Waals surface area contributed by atoms with Gasteiger partial charge in [-0.2, -0.15) is 18.2 Å². The van der Waals surface area contributed by atoms with Crippen LogP contribution in [0.15, 0.2) is 34.4 Å². The minimum atomic E-state index is -4.53. The Bertz CT molecular complexity index is 1150. The van der Waals surface area contributed by atoms with E-state index in [2.05, 4.69) is 20.0 Å². The molecule has 2 N–H and O–H groups in total. The average Bonchev–Trinajstić information content (AvgIpc) is 3.22. The molecule has 0 saturated carbocycles. The van der Waals surface area contributed by atoms with E-state index in [9.17, 15) is 27.8 Å². The lowest BCUT2D eigenvalue weighted by molar-refractivity contribution is -0.137. The van der Waals surface area contributed by atoms with Gasteiger partial charge in [0.2, 0.25) is 12.3 Å². The SMILES string of the molecule is CC1=NC(N2CC=C(c3ccc(F)c(C)n3)[C@@H](O)C2)=NC(O)N1Cc1cnc(C(F)(F)F)s1. The van der Waals surface area contributed by atoms with Crippen LogP contribution >= 0.6 is 11.3 Å². The number of aryl methyl sites for hydroxylation is 1. The lowest BCUT2D eigenvalue weighted by Gasteiger charge is -2.35. The predicted octanol–water partition coefficient (Wildman–Crippen LogP) is 2.63. The molecule has 0 amide bonds. The Morgan fingerprint density at radius 3 is 2.58 bits per heavy atom. The number of hydrogen-bond acceptors (Lipinski definition) is 9. The zero-order chi connectivity index (χ0) is 23.9. The molecule has 4 rings (SSSR count). The number of alkyl halides is 3. The highest BCUT2D eigenvalue weighted by molar-refractivity contribution is 7.11. The first-order valence-electron chi connectivity index (χ1n) is 9.89. The zero-order valence-corrected chi connectivity index (χ0v) is 18.4. The number of aliphatic hydroxyl groups is 2. The number of β-amino-alcohol motifs (C(OH)–C–C–N with tert-alkyl or cyclic N) is 1. The van der Waals surface area contributed by atoms with Gasteiger partial charge in [0.15, 0.2) is 5.01 Å². The molecular weight excluding hydrogens is 464 g/mol. The van der Waals surface area contributed by atoms with Crippen molar-refractivity contribution in [2.45, 2.75) is 39.0 Å². The monoisotopic (exact) mass is 484 g/mol. The van der Waals surface area contributed by atoms with Crippen molar-refractivity contribution in [3.63, 3.8) is 0 Å². The van der Waals surface area contributed by atoms with Gasteiger partial charge in [-0.05, 0) is 26.0 Å². The third kappa shape index (κ3) is 4.89. The van der Waals surface area contributed by atoms with Crippen LogP contribution in [0.25, 0.3) is 5.57 Å². The van der Waals surface area contributed by atoms with Crippen LogP contribution in [0.5, 0.6) is 0 Å². The van der Waals surface area contributed by atoms with E-state index in [0.29, 0.717) is 39.9 Å². The largest absolute Gasteiger partial charge is 0.443 e. The lowest BCUT2D eigenvalue weighted by Crippen LogP contribution is -2.47. The standard InChI is InChI=1S/C20H20F4N6O2S/c1-10-14(21)3-4-15(26-10)13-5-6-29(9-16(13)31)18-27-11(2)30(19(32)28-18)8-12-7-25-17(33-12)20(22,23)24/h3-5,7,16,19,31-32H,6,8-9H2,1-2H3/t16-,19?/m0/s1. The molecule has 0 bridgehead atoms. The summed E-state index contributed by atoms with van der Waals surface area (Å²) >= 11 is 0.494. The Hall–Kier alpha value is -2.90. The van der Waals surface area contributed by atoms with Crippen molar-refractivity contribution in [3.05, 3.63) is 51.5 Å². The van der Waals surface area contributed by atoms with Crippen molar-refractivity contribution in [2.75, 3.05) is 13.1 Å². The molecule has 1 unspecified atom stereocenters. The number of halogens is 4. The van der Waals surface area contributed by atoms with Crippen LogP contribution in [0.3, 0.4) is 0 Å². The molecule has 2 aromatic rings. The van der Waals surface area contributed by atoms with Crippen LogP contribution in [-0.2, 0) is 12.7 Å². The molecule has 2 aliphatic rings. The molecule has 0 saturated heterocycles. The molecule has 0 spiro atoms. The molecule has 8 nitrogen and oxygen atoms in total. The van der Waals surface area contributed by atoms with Crippen LogP contribution in [0.2, 0.25) is 0 Å². The number of amidine groups is 1. The number of thiazole rings is 1. The molecule has 0 radical (unpaired) electrons. The Labute approximate surface area is 190 Å². The average molecular weight is 484 g/mol. The summed E-state index contributed by atoms with van der Waals surface area (Å²) in [5, 5.41) is 20.1. The number of aromatic nitrogens is 2. The third-order valence-corrected chi connectivity index (χ3v) is 6.22. The van der Waals surface area contributed by atoms with E-state index < -0.39 is 29.5 Å². The molecule has 33 heavy (non-hydrogen) atoms. The number of nitrogens with zero attached hydrogens (tertiary/aromatic N) is 6. The maximum absolute atomic E-state index is 13.5. The normalized spacial score (nSPS) is 21.6. The van der Waals surface area contributed by atoms with Crippen molar-refractivity contribution in [1.29, 1.82) is 0 Å². The van der Waals surface area contributed by atoms with Crippen molar-refractivity contribution in [1.82, 2.24) is 19.8 Å². The molecule has 0 fully saturated rings. The summed E-state index contributed by atoms with van der Waals surface area (Å²) < 4.78 is 51.9. The second-order valence-corrected chi connectivity index (χ2v) is 8.65. The first kappa shape index (κ1) is 23.3. The smallest absolute Gasteiger partial charge is 0.386 e. The van der Waals surface area contributed by atoms with Gasteiger partial charge < -0.3 is 20.0 Å². The summed E-state index contributed by atoms with van der Waals surface area (Å²) in [5.41, 5.74) is 1.26. The maximum Gasteiger partial charge on any atom is 0.443 e. The molecule has 0 aromatic carbocycles. The molecule has 0 aliphatic carbocycles. The minimum absolute atomic E-state index is 0.0384. The fraction of sp³-hybridized carbons (Fsp3) is 0.400. The lowest BCUT2D eigenvalue weighted by atomic mass is 10.0. The van der Waals surface area contributed by atoms with Crippen LogP contribution in [-0.4, -0.2) is 67.3 Å². The van der Waals surface area contributed by atoms with E-state index in [1.54, 1.807) is 24.8 Å². The molecule has 2 aliphatic heterocycles. The summed E-state index contributed by atoms with van der Waals surface area (Å²) in [6.45, 7) is 3.55. The molecule has 176 valence electrons. The fourth-order valence-electron chi connectivity index (χ4n) is 3.48. The summed E-state index contributed by atoms with van der Waals surface area (Å²) in [4.78, 5) is 19.4. The minimum Gasteiger partial charge on any atom is -0.386 e. The van der Waals surface area contributed by atoms with Gasteiger partial charge in [0.05, 0.1) is 30.6 Å². The fourth-order valence-corrected chi connectivity index (χ4v) is 4.25. The number of guanidine groups is 1. The van der Waals surface area contributed by atoms with Crippen molar-refractivity contribution in [2.24, 2.45) is 9.98 Å². The van der Waals surface area contributed by atoms with Gasteiger partial charge in [-0.1, -0.05) is 6.08 Å². The summed E-state index contributed by atoms with van der Waals surface area (Å²) in [6, 6.07) is 2.79. The van der Waals surface area contributed by atoms with Crippen molar-refractivity contribution in [3.8, 4) is 0 Å². The van der Waals surface area contributed by atoms with E-state index in [0.717, 1.165) is 6.20 Å². The van der Waals surface area contributed by atoms with Gasteiger partial charge in [-0.25, -0.2) is 14.4 Å². The highest BCUT2D eigenvalue weighted by Crippen LogP contribution is 2.33. The molecule has 4 heterocycles. The van der Waals surface area contributed by atoms with Gasteiger partial charge in [-0.15, -0.1) is 11.3 Å². The highest BCUT2D eigenvalue weighted by Gasteiger charge is 2.35. The quantitative estimate of drug-likeness (QED) is 0.651. The van der Waals surface area contributed by atoms with Crippen LogP contribution in [0.4, 0.5) is 17.6 Å². The summed E-state index contributed by atoms with van der Waals surface area (Å²) in [5.74, 6) is 0.114. The number of pyridine rings is 1. The number of rotatable bonds is 3. The van der Waals surface area contributed by atoms with Gasteiger partial charge in [-0.3, -0.25) is 4.98 Å². The van der Waals surface area contributed by atoms with Crippen LogP contribution in [0.1, 0.15) is 28.2 Å². The molecule has 2 atom stereocenters. The van der Waals surface area contributed by atoms with Gasteiger partial charge in [0, 0.05) is 23.2 Å². The number of aliphatic imine (C=N–C) groups is 2. The van der Waals surface area contributed by atoms with Crippen LogP contribution < -0.4 is 0 Å². The maximum atomic E-state index is 13.5. The van der Waals surface area contributed by atoms with E-state index in [1.165, 1.54) is 17.0 Å². The topological polar surface area (TPSA) is 97.4 Å². The summed E-state index contributed by atoms with van der Waals surface area (Å²) in [7, 11) is 0. The highest BCUT2D eigenvalue weighted by atomic mass is 32.1.